The average Bonchev–Trinajstić information content (AvgIpc) is 2.75. The van der Waals surface area contributed by atoms with Gasteiger partial charge >= 0.3 is 0 Å². The molecule has 2 N–H and O–H groups in total. The van der Waals surface area contributed by atoms with E-state index in [1.165, 1.54) is 12.1 Å². The molecule has 20 heavy (non-hydrogen) atoms. The van der Waals surface area contributed by atoms with Gasteiger partial charge in [-0.15, -0.1) is 0 Å². The van der Waals surface area contributed by atoms with Crippen LogP contribution < -0.4 is 5.32 Å². The van der Waals surface area contributed by atoms with Crippen LogP contribution in [0.1, 0.15) is 50.9 Å². The lowest BCUT2D eigenvalue weighted by Gasteiger charge is -2.26. The molecule has 1 aliphatic rings. The molecule has 1 aliphatic carbocycles. The quantitative estimate of drug-likeness (QED) is 0.834. The number of aliphatic hydroxyl groups is 1. The predicted molar refractivity (Wildman–Crippen MR) is 84.7 cm³/mol. The fourth-order valence-electron chi connectivity index (χ4n) is 3.03. The molecule has 1 saturated carbocycles. The third-order valence-electron chi connectivity index (χ3n) is 4.17. The molecule has 2 rings (SSSR count). The summed E-state index contributed by atoms with van der Waals surface area (Å²) in [6.45, 7) is 6.99. The lowest BCUT2D eigenvalue weighted by Crippen LogP contribution is -2.29. The molecule has 0 radical (unpaired) electrons. The lowest BCUT2D eigenvalue weighted by atomic mass is 9.87. The predicted octanol–water partition coefficient (Wildman–Crippen LogP) is 2.87. The maximum atomic E-state index is 9.71. The number of hydrogen-bond acceptors (Lipinski definition) is 3. The van der Waals surface area contributed by atoms with Crippen molar-refractivity contribution in [1.29, 1.82) is 0 Å². The maximum Gasteiger partial charge on any atom is 0.0767 e. The minimum Gasteiger partial charge on any atom is -0.393 e. The Morgan fingerprint density at radius 3 is 2.85 bits per heavy atom. The monoisotopic (exact) mass is 343 g/mol. The Hall–Kier alpha value is -0.390. The zero-order chi connectivity index (χ0) is 14.5. The molecule has 1 aromatic heterocycles. The summed E-state index contributed by atoms with van der Waals surface area (Å²) < 4.78 is 3.23. The second kappa shape index (κ2) is 7.57. The van der Waals surface area contributed by atoms with Crippen LogP contribution in [0.15, 0.2) is 4.47 Å². The summed E-state index contributed by atoms with van der Waals surface area (Å²) in [4.78, 5) is 0. The molecule has 2 unspecified atom stereocenters. The first-order valence-electron chi connectivity index (χ1n) is 7.78. The van der Waals surface area contributed by atoms with Crippen LogP contribution in [0, 0.1) is 5.92 Å². The second-order valence-corrected chi connectivity index (χ2v) is 6.49. The molecular formula is C15H26BrN3O. The van der Waals surface area contributed by atoms with Crippen LogP contribution in [0.4, 0.5) is 0 Å². The van der Waals surface area contributed by atoms with Crippen molar-refractivity contribution in [3.8, 4) is 0 Å². The van der Waals surface area contributed by atoms with E-state index >= 15 is 0 Å². The van der Waals surface area contributed by atoms with E-state index in [4.69, 9.17) is 0 Å². The van der Waals surface area contributed by atoms with Crippen molar-refractivity contribution in [1.82, 2.24) is 15.1 Å². The van der Waals surface area contributed by atoms with Gasteiger partial charge in [0.2, 0.25) is 0 Å². The SMILES string of the molecule is CCc1nn(CC)c(CNCC2CCCC(O)C2)c1Br. The molecular weight excluding hydrogens is 318 g/mol. The number of halogens is 1. The van der Waals surface area contributed by atoms with Gasteiger partial charge in [0.05, 0.1) is 22.0 Å². The summed E-state index contributed by atoms with van der Waals surface area (Å²) in [5.74, 6) is 0.612. The van der Waals surface area contributed by atoms with Gasteiger partial charge in [-0.05, 0) is 61.0 Å². The zero-order valence-electron chi connectivity index (χ0n) is 12.5. The molecule has 0 bridgehead atoms. The van der Waals surface area contributed by atoms with E-state index in [1.54, 1.807) is 0 Å². The van der Waals surface area contributed by atoms with Crippen LogP contribution in [0.3, 0.4) is 0 Å². The minimum atomic E-state index is -0.0878. The number of nitrogens with one attached hydrogen (secondary N) is 1. The number of aliphatic hydroxyl groups excluding tert-OH is 1. The van der Waals surface area contributed by atoms with Crippen molar-refractivity contribution >= 4 is 15.9 Å². The average molecular weight is 344 g/mol. The van der Waals surface area contributed by atoms with Gasteiger partial charge in [-0.2, -0.15) is 5.10 Å². The van der Waals surface area contributed by atoms with Crippen molar-refractivity contribution in [2.45, 2.75) is 65.1 Å². The van der Waals surface area contributed by atoms with Crippen LogP contribution in [0.2, 0.25) is 0 Å². The van der Waals surface area contributed by atoms with Gasteiger partial charge in [0.1, 0.15) is 0 Å². The molecule has 2 atom stereocenters. The maximum absolute atomic E-state index is 9.71. The van der Waals surface area contributed by atoms with E-state index in [9.17, 15) is 5.11 Å². The normalized spacial score (nSPS) is 23.2. The fraction of sp³-hybridized carbons (Fsp3) is 0.800. The first-order valence-corrected chi connectivity index (χ1v) is 8.57. The highest BCUT2D eigenvalue weighted by Gasteiger charge is 2.20. The van der Waals surface area contributed by atoms with Crippen molar-refractivity contribution in [3.63, 3.8) is 0 Å². The topological polar surface area (TPSA) is 50.1 Å². The standard InChI is InChI=1S/C15H26BrN3O/c1-3-13-15(16)14(19(4-2)18-13)10-17-9-11-6-5-7-12(20)8-11/h11-12,17,20H,3-10H2,1-2H3. The summed E-state index contributed by atoms with van der Waals surface area (Å²) in [5, 5.41) is 17.9. The van der Waals surface area contributed by atoms with Crippen LogP contribution >= 0.6 is 15.9 Å². The van der Waals surface area contributed by atoms with Crippen LogP contribution in [0.5, 0.6) is 0 Å². The van der Waals surface area contributed by atoms with E-state index in [2.05, 4.69) is 44.9 Å². The van der Waals surface area contributed by atoms with E-state index in [1.807, 2.05) is 0 Å². The van der Waals surface area contributed by atoms with Gasteiger partial charge in [0, 0.05) is 13.1 Å². The van der Waals surface area contributed by atoms with Gasteiger partial charge in [-0.3, -0.25) is 4.68 Å². The molecule has 0 spiro atoms. The Kier molecular flexibility index (Phi) is 6.05. The molecule has 114 valence electrons. The van der Waals surface area contributed by atoms with Crippen LogP contribution in [-0.4, -0.2) is 27.5 Å². The number of aryl methyl sites for hydroxylation is 2. The Labute approximate surface area is 130 Å². The first-order chi connectivity index (χ1) is 9.65. The Morgan fingerprint density at radius 2 is 2.20 bits per heavy atom. The van der Waals surface area contributed by atoms with Crippen molar-refractivity contribution in [2.24, 2.45) is 5.92 Å². The number of nitrogens with zero attached hydrogens (tertiary/aromatic N) is 2. The summed E-state index contributed by atoms with van der Waals surface area (Å²) >= 11 is 3.68. The third kappa shape index (κ3) is 3.83. The lowest BCUT2D eigenvalue weighted by molar-refractivity contribution is 0.100. The molecule has 5 heteroatoms. The highest BCUT2D eigenvalue weighted by atomic mass is 79.9. The fourth-order valence-corrected chi connectivity index (χ4v) is 3.73. The van der Waals surface area contributed by atoms with Crippen molar-refractivity contribution < 1.29 is 5.11 Å². The smallest absolute Gasteiger partial charge is 0.0767 e. The van der Waals surface area contributed by atoms with Gasteiger partial charge in [-0.1, -0.05) is 13.3 Å². The highest BCUT2D eigenvalue weighted by molar-refractivity contribution is 9.10. The highest BCUT2D eigenvalue weighted by Crippen LogP contribution is 2.25. The van der Waals surface area contributed by atoms with Crippen molar-refractivity contribution in [2.75, 3.05) is 6.54 Å². The summed E-state index contributed by atoms with van der Waals surface area (Å²) in [5.41, 5.74) is 2.37. The van der Waals surface area contributed by atoms with Gasteiger partial charge in [0.25, 0.3) is 0 Å². The molecule has 0 saturated heterocycles. The van der Waals surface area contributed by atoms with E-state index < -0.39 is 0 Å². The summed E-state index contributed by atoms with van der Waals surface area (Å²) in [7, 11) is 0. The van der Waals surface area contributed by atoms with Crippen molar-refractivity contribution in [3.05, 3.63) is 15.9 Å². The number of hydrogen-bond donors (Lipinski definition) is 2. The summed E-state index contributed by atoms with van der Waals surface area (Å²) in [6, 6.07) is 0. The third-order valence-corrected chi connectivity index (χ3v) is 5.09. The summed E-state index contributed by atoms with van der Waals surface area (Å²) in [6.07, 6.45) is 5.18. The minimum absolute atomic E-state index is 0.0878. The van der Waals surface area contributed by atoms with E-state index in [0.29, 0.717) is 5.92 Å². The molecule has 0 aromatic carbocycles. The molecule has 1 heterocycles. The van der Waals surface area contributed by atoms with Crippen LogP contribution in [0.25, 0.3) is 0 Å². The van der Waals surface area contributed by atoms with Crippen LogP contribution in [-0.2, 0) is 19.5 Å². The Morgan fingerprint density at radius 1 is 1.40 bits per heavy atom. The molecule has 0 amide bonds. The van der Waals surface area contributed by atoms with E-state index in [-0.39, 0.29) is 6.10 Å². The Balaban J connectivity index is 1.88. The second-order valence-electron chi connectivity index (χ2n) is 5.69. The van der Waals surface area contributed by atoms with Gasteiger partial charge in [-0.25, -0.2) is 0 Å². The number of rotatable bonds is 6. The zero-order valence-corrected chi connectivity index (χ0v) is 14.1. The first kappa shape index (κ1) is 16.0. The van der Waals surface area contributed by atoms with Gasteiger partial charge < -0.3 is 10.4 Å². The molecule has 4 nitrogen and oxygen atoms in total. The largest absolute Gasteiger partial charge is 0.393 e. The molecule has 1 fully saturated rings. The molecule has 0 aliphatic heterocycles. The number of aromatic nitrogens is 2. The van der Waals surface area contributed by atoms with E-state index in [0.717, 1.165) is 55.5 Å². The molecule has 1 aromatic rings. The Bertz CT molecular complexity index is 433. The van der Waals surface area contributed by atoms with Gasteiger partial charge in [0.15, 0.2) is 0 Å².